The van der Waals surface area contributed by atoms with Crippen molar-refractivity contribution in [3.8, 4) is 0 Å². The molecule has 3 N–H and O–H groups in total. The smallest absolute Gasteiger partial charge is 0.238 e. The first kappa shape index (κ1) is 12.8. The van der Waals surface area contributed by atoms with E-state index in [1.54, 1.807) is 0 Å². The molecule has 1 fully saturated rings. The summed E-state index contributed by atoms with van der Waals surface area (Å²) in [5.41, 5.74) is 6.65. The molecule has 1 heterocycles. The molecule has 0 unspecified atom stereocenters. The van der Waals surface area contributed by atoms with Gasteiger partial charge in [-0.15, -0.1) is 0 Å². The average molecular weight is 345 g/mol. The Labute approximate surface area is 115 Å². The van der Waals surface area contributed by atoms with Gasteiger partial charge >= 0.3 is 0 Å². The molecule has 0 bridgehead atoms. The summed E-state index contributed by atoms with van der Waals surface area (Å²) in [6.45, 7) is 2.17. The third kappa shape index (κ3) is 3.93. The van der Waals surface area contributed by atoms with Gasteiger partial charge in [0.25, 0.3) is 0 Å². The Bertz CT molecular complexity index is 410. The lowest BCUT2D eigenvalue weighted by molar-refractivity contribution is -0.117. The first-order valence-electron chi connectivity index (χ1n) is 5.67. The first-order chi connectivity index (χ1) is 8.13. The molecule has 2 rings (SSSR count). The van der Waals surface area contributed by atoms with Crippen molar-refractivity contribution >= 4 is 34.2 Å². The van der Waals surface area contributed by atoms with Crippen molar-refractivity contribution in [1.82, 2.24) is 4.90 Å². The Morgan fingerprint density at radius 1 is 1.59 bits per heavy atom. The molecule has 1 aromatic carbocycles. The van der Waals surface area contributed by atoms with Crippen molar-refractivity contribution in [2.45, 2.75) is 12.5 Å². The molecule has 1 aromatic rings. The van der Waals surface area contributed by atoms with E-state index in [9.17, 15) is 4.79 Å². The van der Waals surface area contributed by atoms with Crippen LogP contribution in [0.3, 0.4) is 0 Å². The zero-order valence-electron chi connectivity index (χ0n) is 9.53. The predicted molar refractivity (Wildman–Crippen MR) is 76.8 cm³/mol. The lowest BCUT2D eigenvalue weighted by Gasteiger charge is -2.14. The molecule has 0 aliphatic carbocycles. The minimum atomic E-state index is 0.0288. The molecule has 17 heavy (non-hydrogen) atoms. The van der Waals surface area contributed by atoms with Crippen LogP contribution in [-0.4, -0.2) is 36.5 Å². The number of nitrogens with one attached hydrogen (secondary N) is 1. The van der Waals surface area contributed by atoms with E-state index in [4.69, 9.17) is 5.73 Å². The highest BCUT2D eigenvalue weighted by Crippen LogP contribution is 2.13. The van der Waals surface area contributed by atoms with E-state index in [1.165, 1.54) is 0 Å². The Kier molecular flexibility index (Phi) is 4.36. The van der Waals surface area contributed by atoms with E-state index in [0.29, 0.717) is 6.54 Å². The van der Waals surface area contributed by atoms with Gasteiger partial charge < -0.3 is 11.1 Å². The van der Waals surface area contributed by atoms with Gasteiger partial charge in [0.05, 0.1) is 6.54 Å². The van der Waals surface area contributed by atoms with Gasteiger partial charge in [0.2, 0.25) is 5.91 Å². The Morgan fingerprint density at radius 2 is 2.41 bits per heavy atom. The van der Waals surface area contributed by atoms with Crippen LogP contribution in [0.4, 0.5) is 5.69 Å². The Hall–Kier alpha value is -0.660. The normalized spacial score (nSPS) is 20.5. The number of anilines is 1. The summed E-state index contributed by atoms with van der Waals surface area (Å²) in [4.78, 5) is 13.9. The van der Waals surface area contributed by atoms with Crippen LogP contribution in [0.25, 0.3) is 0 Å². The van der Waals surface area contributed by atoms with Gasteiger partial charge in [0.15, 0.2) is 0 Å². The van der Waals surface area contributed by atoms with Crippen molar-refractivity contribution in [3.05, 3.63) is 27.8 Å². The predicted octanol–water partition coefficient (Wildman–Crippen LogP) is 1.26. The topological polar surface area (TPSA) is 58.4 Å². The number of carbonyl (C=O) groups excluding carboxylic acids is 1. The summed E-state index contributed by atoms with van der Waals surface area (Å²) in [6.07, 6.45) is 0.983. The SMILES string of the molecule is N[C@H]1CCN(CC(=O)Nc2cccc(I)c2)C1. The standard InChI is InChI=1S/C12H16IN3O/c13-9-2-1-3-11(6-9)15-12(17)8-16-5-4-10(14)7-16/h1-3,6,10H,4-5,7-8,14H2,(H,15,17)/t10-/m0/s1. The molecule has 4 nitrogen and oxygen atoms in total. The minimum absolute atomic E-state index is 0.0288. The molecule has 92 valence electrons. The highest BCUT2D eigenvalue weighted by Gasteiger charge is 2.20. The lowest BCUT2D eigenvalue weighted by atomic mass is 10.3. The minimum Gasteiger partial charge on any atom is -0.326 e. The molecule has 1 aliphatic rings. The van der Waals surface area contributed by atoms with Crippen molar-refractivity contribution in [2.75, 3.05) is 25.0 Å². The largest absolute Gasteiger partial charge is 0.326 e. The Balaban J connectivity index is 1.85. The summed E-state index contributed by atoms with van der Waals surface area (Å²) in [7, 11) is 0. The van der Waals surface area contributed by atoms with E-state index < -0.39 is 0 Å². The first-order valence-corrected chi connectivity index (χ1v) is 6.75. The molecular formula is C12H16IN3O. The molecule has 0 aromatic heterocycles. The van der Waals surface area contributed by atoms with Gasteiger partial charge in [-0.1, -0.05) is 6.07 Å². The number of benzene rings is 1. The Morgan fingerprint density at radius 3 is 3.06 bits per heavy atom. The number of nitrogens with two attached hydrogens (primary N) is 1. The fourth-order valence-corrected chi connectivity index (χ4v) is 2.52. The van der Waals surface area contributed by atoms with Crippen LogP contribution in [0.5, 0.6) is 0 Å². The summed E-state index contributed by atoms with van der Waals surface area (Å²) >= 11 is 2.23. The zero-order chi connectivity index (χ0) is 12.3. The molecular weight excluding hydrogens is 329 g/mol. The third-order valence-corrected chi connectivity index (χ3v) is 3.46. The van der Waals surface area contributed by atoms with Crippen LogP contribution in [0.1, 0.15) is 6.42 Å². The fraction of sp³-hybridized carbons (Fsp3) is 0.417. The molecule has 1 saturated heterocycles. The van der Waals surface area contributed by atoms with E-state index in [0.717, 1.165) is 28.8 Å². The van der Waals surface area contributed by atoms with Crippen LogP contribution in [0.15, 0.2) is 24.3 Å². The number of likely N-dealkylation sites (tertiary alicyclic amines) is 1. The van der Waals surface area contributed by atoms with E-state index in [-0.39, 0.29) is 11.9 Å². The second-order valence-electron chi connectivity index (χ2n) is 4.34. The van der Waals surface area contributed by atoms with E-state index in [1.807, 2.05) is 24.3 Å². The van der Waals surface area contributed by atoms with Gasteiger partial charge in [-0.05, 0) is 47.2 Å². The number of hydrogen-bond acceptors (Lipinski definition) is 3. The average Bonchev–Trinajstić information content (AvgIpc) is 2.63. The van der Waals surface area contributed by atoms with Gasteiger partial charge in [0.1, 0.15) is 0 Å². The summed E-state index contributed by atoms with van der Waals surface area (Å²) in [6, 6.07) is 8.00. The van der Waals surface area contributed by atoms with Crippen LogP contribution in [-0.2, 0) is 4.79 Å². The van der Waals surface area contributed by atoms with Gasteiger partial charge in [-0.3, -0.25) is 9.69 Å². The molecule has 1 aliphatic heterocycles. The summed E-state index contributed by atoms with van der Waals surface area (Å²) < 4.78 is 1.11. The second kappa shape index (κ2) is 5.79. The van der Waals surface area contributed by atoms with Crippen molar-refractivity contribution in [1.29, 1.82) is 0 Å². The number of amides is 1. The van der Waals surface area contributed by atoms with Crippen LogP contribution >= 0.6 is 22.6 Å². The van der Waals surface area contributed by atoms with Crippen molar-refractivity contribution in [2.24, 2.45) is 5.73 Å². The molecule has 0 saturated carbocycles. The quantitative estimate of drug-likeness (QED) is 0.811. The maximum absolute atomic E-state index is 11.8. The number of hydrogen-bond donors (Lipinski definition) is 2. The van der Waals surface area contributed by atoms with Crippen molar-refractivity contribution in [3.63, 3.8) is 0 Å². The van der Waals surface area contributed by atoms with Gasteiger partial charge in [0, 0.05) is 28.4 Å². The lowest BCUT2D eigenvalue weighted by Crippen LogP contribution is -2.33. The van der Waals surface area contributed by atoms with Crippen LogP contribution in [0.2, 0.25) is 0 Å². The van der Waals surface area contributed by atoms with Gasteiger partial charge in [-0.25, -0.2) is 0 Å². The summed E-state index contributed by atoms with van der Waals surface area (Å²) in [5.74, 6) is 0.0288. The van der Waals surface area contributed by atoms with E-state index >= 15 is 0 Å². The van der Waals surface area contributed by atoms with Crippen LogP contribution in [0, 0.1) is 3.57 Å². The highest BCUT2D eigenvalue weighted by atomic mass is 127. The van der Waals surface area contributed by atoms with E-state index in [2.05, 4.69) is 32.8 Å². The summed E-state index contributed by atoms with van der Waals surface area (Å²) in [5, 5.41) is 2.90. The second-order valence-corrected chi connectivity index (χ2v) is 5.59. The van der Waals surface area contributed by atoms with Crippen molar-refractivity contribution < 1.29 is 4.79 Å². The molecule has 0 spiro atoms. The zero-order valence-corrected chi connectivity index (χ0v) is 11.7. The monoisotopic (exact) mass is 345 g/mol. The fourth-order valence-electron chi connectivity index (χ4n) is 1.98. The number of nitrogens with zero attached hydrogens (tertiary/aromatic N) is 1. The highest BCUT2D eigenvalue weighted by molar-refractivity contribution is 14.1. The molecule has 5 heteroatoms. The maximum atomic E-state index is 11.8. The third-order valence-electron chi connectivity index (χ3n) is 2.78. The van der Waals surface area contributed by atoms with Gasteiger partial charge in [-0.2, -0.15) is 0 Å². The number of halogens is 1. The number of rotatable bonds is 3. The van der Waals surface area contributed by atoms with Crippen LogP contribution < -0.4 is 11.1 Å². The number of carbonyl (C=O) groups is 1. The maximum Gasteiger partial charge on any atom is 0.238 e. The molecule has 1 amide bonds. The molecule has 0 radical (unpaired) electrons. The molecule has 1 atom stereocenters.